The number of carbonyl (C=O) groups is 1. The van der Waals surface area contributed by atoms with Crippen molar-refractivity contribution in [2.24, 2.45) is 0 Å². The highest BCUT2D eigenvalue weighted by molar-refractivity contribution is 5.78. The number of carbonyl (C=O) groups excluding carboxylic acids is 1. The molecule has 0 aliphatic carbocycles. The Morgan fingerprint density at radius 3 is 2.38 bits per heavy atom. The third kappa shape index (κ3) is 5.02. The number of rotatable bonds is 6. The van der Waals surface area contributed by atoms with Gasteiger partial charge in [0.25, 0.3) is 0 Å². The molecule has 1 amide bonds. The Bertz CT molecular complexity index is 700. The number of nitrogens with zero attached hydrogens (tertiary/aromatic N) is 4. The van der Waals surface area contributed by atoms with E-state index < -0.39 is 0 Å². The summed E-state index contributed by atoms with van der Waals surface area (Å²) >= 11 is 0. The first-order valence-corrected chi connectivity index (χ1v) is 8.97. The quantitative estimate of drug-likeness (QED) is 0.794. The van der Waals surface area contributed by atoms with E-state index in [1.807, 2.05) is 24.1 Å². The monoisotopic (exact) mass is 356 g/mol. The lowest BCUT2D eigenvalue weighted by molar-refractivity contribution is -0.132. The molecule has 0 radical (unpaired) electrons. The summed E-state index contributed by atoms with van der Waals surface area (Å²) in [5.74, 6) is -0.0571. The minimum atomic E-state index is -0.225. The summed E-state index contributed by atoms with van der Waals surface area (Å²) in [5, 5.41) is 0. The molecule has 138 valence electrons. The highest BCUT2D eigenvalue weighted by Crippen LogP contribution is 2.17. The number of aromatic nitrogens is 1. The van der Waals surface area contributed by atoms with E-state index in [0.717, 1.165) is 31.7 Å². The maximum atomic E-state index is 13.0. The van der Waals surface area contributed by atoms with Crippen LogP contribution in [0, 0.1) is 5.82 Å². The fourth-order valence-electron chi connectivity index (χ4n) is 3.15. The van der Waals surface area contributed by atoms with Crippen molar-refractivity contribution in [2.75, 3.05) is 51.2 Å². The third-order valence-electron chi connectivity index (χ3n) is 4.76. The van der Waals surface area contributed by atoms with Crippen molar-refractivity contribution >= 4 is 11.6 Å². The van der Waals surface area contributed by atoms with Gasteiger partial charge in [-0.3, -0.25) is 14.7 Å². The SMILES string of the molecule is CN(CCc1ccncc1)CC(=O)N1CCN(c2ccc(F)cc2)CC1. The van der Waals surface area contributed by atoms with Gasteiger partial charge in [0.15, 0.2) is 0 Å². The number of hydrogen-bond donors (Lipinski definition) is 0. The van der Waals surface area contributed by atoms with Crippen LogP contribution in [0.25, 0.3) is 0 Å². The first-order valence-electron chi connectivity index (χ1n) is 8.97. The van der Waals surface area contributed by atoms with Crippen molar-refractivity contribution in [3.05, 3.63) is 60.2 Å². The van der Waals surface area contributed by atoms with Gasteiger partial charge in [0, 0.05) is 50.8 Å². The molecule has 0 atom stereocenters. The predicted octanol–water partition coefficient (Wildman–Crippen LogP) is 2.04. The molecule has 1 fully saturated rings. The Labute approximate surface area is 154 Å². The number of hydrogen-bond acceptors (Lipinski definition) is 4. The Hall–Kier alpha value is -2.47. The number of piperazine rings is 1. The molecule has 5 nitrogen and oxygen atoms in total. The summed E-state index contributed by atoms with van der Waals surface area (Å²) in [5.41, 5.74) is 2.24. The second-order valence-electron chi connectivity index (χ2n) is 6.69. The van der Waals surface area contributed by atoms with E-state index in [2.05, 4.69) is 14.8 Å². The van der Waals surface area contributed by atoms with E-state index >= 15 is 0 Å². The van der Waals surface area contributed by atoms with E-state index in [0.29, 0.717) is 19.6 Å². The van der Waals surface area contributed by atoms with Crippen LogP contribution < -0.4 is 4.90 Å². The molecule has 0 spiro atoms. The minimum absolute atomic E-state index is 0.168. The molecule has 1 saturated heterocycles. The van der Waals surface area contributed by atoms with Crippen LogP contribution in [0.1, 0.15) is 5.56 Å². The minimum Gasteiger partial charge on any atom is -0.368 e. The molecule has 3 rings (SSSR count). The summed E-state index contributed by atoms with van der Waals surface area (Å²) in [6, 6.07) is 10.5. The summed E-state index contributed by atoms with van der Waals surface area (Å²) in [6.07, 6.45) is 4.49. The van der Waals surface area contributed by atoms with Crippen molar-refractivity contribution < 1.29 is 9.18 Å². The van der Waals surface area contributed by atoms with Crippen LogP contribution in [0.5, 0.6) is 0 Å². The maximum Gasteiger partial charge on any atom is 0.236 e. The Morgan fingerprint density at radius 2 is 1.73 bits per heavy atom. The van der Waals surface area contributed by atoms with Crippen molar-refractivity contribution in [1.82, 2.24) is 14.8 Å². The molecule has 26 heavy (non-hydrogen) atoms. The molecular formula is C20H25FN4O. The normalized spacial score (nSPS) is 14.7. The second kappa shape index (κ2) is 8.76. The number of pyridine rings is 1. The van der Waals surface area contributed by atoms with E-state index in [4.69, 9.17) is 0 Å². The van der Waals surface area contributed by atoms with Gasteiger partial charge in [-0.15, -0.1) is 0 Å². The van der Waals surface area contributed by atoms with Crippen LogP contribution in [0.3, 0.4) is 0 Å². The standard InChI is InChI=1S/C20H25FN4O/c1-23(11-8-17-6-9-22-10-7-17)16-20(26)25-14-12-24(13-15-25)19-4-2-18(21)3-5-19/h2-7,9-10H,8,11-16H2,1H3. The highest BCUT2D eigenvalue weighted by Gasteiger charge is 2.22. The molecule has 1 aromatic heterocycles. The van der Waals surface area contributed by atoms with E-state index in [1.165, 1.54) is 17.7 Å². The van der Waals surface area contributed by atoms with Gasteiger partial charge in [0.1, 0.15) is 5.82 Å². The molecule has 0 N–H and O–H groups in total. The predicted molar refractivity (Wildman–Crippen MR) is 101 cm³/mol. The van der Waals surface area contributed by atoms with Crippen LogP contribution in [-0.2, 0) is 11.2 Å². The van der Waals surface area contributed by atoms with Crippen LogP contribution in [-0.4, -0.2) is 67.0 Å². The summed E-state index contributed by atoms with van der Waals surface area (Å²) in [7, 11) is 1.98. The van der Waals surface area contributed by atoms with Crippen LogP contribution in [0.2, 0.25) is 0 Å². The van der Waals surface area contributed by atoms with Gasteiger partial charge in [-0.05, 0) is 55.4 Å². The lowest BCUT2D eigenvalue weighted by atomic mass is 10.2. The molecule has 1 aliphatic heterocycles. The fourth-order valence-corrected chi connectivity index (χ4v) is 3.15. The van der Waals surface area contributed by atoms with Crippen LogP contribution in [0.4, 0.5) is 10.1 Å². The zero-order valence-corrected chi connectivity index (χ0v) is 15.1. The number of amides is 1. The van der Waals surface area contributed by atoms with Crippen molar-refractivity contribution in [3.63, 3.8) is 0 Å². The molecule has 1 aromatic carbocycles. The molecule has 6 heteroatoms. The van der Waals surface area contributed by atoms with Crippen LogP contribution >= 0.6 is 0 Å². The van der Waals surface area contributed by atoms with Crippen molar-refractivity contribution in [1.29, 1.82) is 0 Å². The van der Waals surface area contributed by atoms with Crippen molar-refractivity contribution in [3.8, 4) is 0 Å². The van der Waals surface area contributed by atoms with Gasteiger partial charge in [0.2, 0.25) is 5.91 Å². The molecule has 2 heterocycles. The fraction of sp³-hybridized carbons (Fsp3) is 0.400. The average Bonchev–Trinajstić information content (AvgIpc) is 2.68. The molecular weight excluding hydrogens is 331 g/mol. The summed E-state index contributed by atoms with van der Waals surface area (Å²) in [4.78, 5) is 22.7. The molecule has 0 bridgehead atoms. The number of likely N-dealkylation sites (N-methyl/N-ethyl adjacent to an activating group) is 1. The molecule has 2 aromatic rings. The summed E-state index contributed by atoms with van der Waals surface area (Å²) in [6.45, 7) is 4.23. The number of benzene rings is 1. The molecule has 0 saturated carbocycles. The first-order chi connectivity index (χ1) is 12.6. The van der Waals surface area contributed by atoms with Gasteiger partial charge in [-0.2, -0.15) is 0 Å². The number of anilines is 1. The third-order valence-corrected chi connectivity index (χ3v) is 4.76. The van der Waals surface area contributed by atoms with Gasteiger partial charge in [-0.1, -0.05) is 0 Å². The van der Waals surface area contributed by atoms with E-state index in [9.17, 15) is 9.18 Å². The first kappa shape index (κ1) is 18.3. The molecule has 1 aliphatic rings. The number of halogens is 1. The topological polar surface area (TPSA) is 39.7 Å². The van der Waals surface area contributed by atoms with Crippen LogP contribution in [0.15, 0.2) is 48.8 Å². The van der Waals surface area contributed by atoms with Crippen molar-refractivity contribution in [2.45, 2.75) is 6.42 Å². The largest absolute Gasteiger partial charge is 0.368 e. The Kier molecular flexibility index (Phi) is 6.17. The highest BCUT2D eigenvalue weighted by atomic mass is 19.1. The van der Waals surface area contributed by atoms with E-state index in [-0.39, 0.29) is 11.7 Å². The van der Waals surface area contributed by atoms with Gasteiger partial charge < -0.3 is 9.80 Å². The van der Waals surface area contributed by atoms with Gasteiger partial charge in [-0.25, -0.2) is 4.39 Å². The lowest BCUT2D eigenvalue weighted by Gasteiger charge is -2.36. The lowest BCUT2D eigenvalue weighted by Crippen LogP contribution is -2.51. The zero-order chi connectivity index (χ0) is 18.4. The Morgan fingerprint density at radius 1 is 1.08 bits per heavy atom. The second-order valence-corrected chi connectivity index (χ2v) is 6.69. The Balaban J connectivity index is 1.42. The molecule has 0 unspecified atom stereocenters. The van der Waals surface area contributed by atoms with E-state index in [1.54, 1.807) is 24.5 Å². The average molecular weight is 356 g/mol. The van der Waals surface area contributed by atoms with Gasteiger partial charge >= 0.3 is 0 Å². The summed E-state index contributed by atoms with van der Waals surface area (Å²) < 4.78 is 13.0. The van der Waals surface area contributed by atoms with Gasteiger partial charge in [0.05, 0.1) is 6.54 Å². The zero-order valence-electron chi connectivity index (χ0n) is 15.1. The maximum absolute atomic E-state index is 13.0. The smallest absolute Gasteiger partial charge is 0.236 e.